The van der Waals surface area contributed by atoms with Crippen molar-refractivity contribution in [3.63, 3.8) is 0 Å². The summed E-state index contributed by atoms with van der Waals surface area (Å²) >= 11 is 0. The second-order valence-electron chi connectivity index (χ2n) is 1.59. The van der Waals surface area contributed by atoms with Crippen molar-refractivity contribution in [3.8, 4) is 0 Å². The number of alkyl halides is 3. The maximum absolute atomic E-state index is 10.4. The average Bonchev–Trinajstić information content (AvgIpc) is 1.88. The summed E-state index contributed by atoms with van der Waals surface area (Å²) in [5, 5.41) is 10.1. The van der Waals surface area contributed by atoms with Crippen molar-refractivity contribution in [3.05, 3.63) is 18.5 Å². The van der Waals surface area contributed by atoms with Crippen LogP contribution in [0.2, 0.25) is 0 Å². The standard InChI is InChI=1S/C3H3N3.C2H3F3/c1-2-4-6-5-3-1;1-2(3,4)5/h1-3H;1H3. The Hall–Kier alpha value is -1.20. The van der Waals surface area contributed by atoms with Crippen LogP contribution < -0.4 is 0 Å². The lowest BCUT2D eigenvalue weighted by Crippen LogP contribution is -1.95. The van der Waals surface area contributed by atoms with E-state index in [0.29, 0.717) is 0 Å². The largest absolute Gasteiger partial charge is 0.386 e. The predicted octanol–water partition coefficient (Wildman–Crippen LogP) is 1.44. The molecule has 0 unspecified atom stereocenters. The maximum atomic E-state index is 10.4. The van der Waals surface area contributed by atoms with Crippen molar-refractivity contribution in [2.75, 3.05) is 0 Å². The molecule has 1 aromatic heterocycles. The zero-order chi connectivity index (χ0) is 8.74. The van der Waals surface area contributed by atoms with Gasteiger partial charge < -0.3 is 0 Å². The van der Waals surface area contributed by atoms with Crippen LogP contribution in [-0.4, -0.2) is 21.6 Å². The molecule has 0 aliphatic heterocycles. The van der Waals surface area contributed by atoms with Crippen LogP contribution in [0.4, 0.5) is 13.2 Å². The van der Waals surface area contributed by atoms with Gasteiger partial charge in [-0.2, -0.15) is 13.2 Å². The first-order valence-electron chi connectivity index (χ1n) is 2.65. The smallest absolute Gasteiger partial charge is 0.172 e. The summed E-state index contributed by atoms with van der Waals surface area (Å²) in [6.07, 6.45) is -0.847. The van der Waals surface area contributed by atoms with Gasteiger partial charge in [0, 0.05) is 6.92 Å². The molecule has 0 spiro atoms. The number of hydrogen-bond donors (Lipinski definition) is 0. The molecule has 0 aliphatic rings. The van der Waals surface area contributed by atoms with Gasteiger partial charge in [0.25, 0.3) is 0 Å². The number of halogens is 3. The molecule has 0 N–H and O–H groups in total. The topological polar surface area (TPSA) is 38.7 Å². The van der Waals surface area contributed by atoms with Crippen LogP contribution in [0.15, 0.2) is 18.5 Å². The number of aromatic nitrogens is 3. The summed E-state index contributed by atoms with van der Waals surface area (Å²) in [4.78, 5) is 0. The van der Waals surface area contributed by atoms with Gasteiger partial charge in [0.15, 0.2) is 0 Å². The van der Waals surface area contributed by atoms with E-state index < -0.39 is 6.18 Å². The molecule has 1 heterocycles. The summed E-state index contributed by atoms with van der Waals surface area (Å²) in [6, 6.07) is 1.72. The molecule has 0 aliphatic carbocycles. The monoisotopic (exact) mass is 165 g/mol. The van der Waals surface area contributed by atoms with Gasteiger partial charge in [0.05, 0.1) is 12.4 Å². The maximum Gasteiger partial charge on any atom is 0.386 e. The van der Waals surface area contributed by atoms with Gasteiger partial charge in [-0.25, -0.2) is 0 Å². The second kappa shape index (κ2) is 4.59. The molecule has 0 fully saturated rings. The summed E-state index contributed by atoms with van der Waals surface area (Å²) in [6.45, 7) is 0.188. The van der Waals surface area contributed by atoms with Crippen molar-refractivity contribution < 1.29 is 13.2 Å². The summed E-state index contributed by atoms with van der Waals surface area (Å²) < 4.78 is 31.1. The first-order chi connectivity index (χ1) is 5.00. The fourth-order valence-corrected chi connectivity index (χ4v) is 0.205. The summed E-state index contributed by atoms with van der Waals surface area (Å²) in [5.74, 6) is 0. The Morgan fingerprint density at radius 2 is 1.45 bits per heavy atom. The molecule has 0 atom stereocenters. The third-order valence-corrected chi connectivity index (χ3v) is 0.409. The Morgan fingerprint density at radius 1 is 1.09 bits per heavy atom. The van der Waals surface area contributed by atoms with Crippen molar-refractivity contribution in [1.82, 2.24) is 15.4 Å². The SMILES string of the molecule is CC(F)(F)F.c1cnnnc1. The third kappa shape index (κ3) is 17.7. The Kier molecular flexibility index (Phi) is 4.09. The molecule has 6 heteroatoms. The van der Waals surface area contributed by atoms with Crippen LogP contribution in [-0.2, 0) is 0 Å². The van der Waals surface area contributed by atoms with E-state index in [-0.39, 0.29) is 6.92 Å². The van der Waals surface area contributed by atoms with E-state index in [4.69, 9.17) is 0 Å². The van der Waals surface area contributed by atoms with Gasteiger partial charge in [-0.05, 0) is 11.3 Å². The molecule has 3 nitrogen and oxygen atoms in total. The summed E-state index contributed by atoms with van der Waals surface area (Å²) in [7, 11) is 0. The number of rotatable bonds is 0. The lowest BCUT2D eigenvalue weighted by Gasteiger charge is -1.88. The highest BCUT2D eigenvalue weighted by molar-refractivity contribution is 4.69. The normalized spacial score (nSPS) is 9.82. The van der Waals surface area contributed by atoms with Crippen LogP contribution in [0.5, 0.6) is 0 Å². The van der Waals surface area contributed by atoms with Gasteiger partial charge in [-0.15, -0.1) is 10.2 Å². The van der Waals surface area contributed by atoms with Crippen LogP contribution in [0, 0.1) is 0 Å². The molecule has 0 saturated heterocycles. The Balaban J connectivity index is 0.000000187. The highest BCUT2D eigenvalue weighted by atomic mass is 19.4. The van der Waals surface area contributed by atoms with E-state index >= 15 is 0 Å². The fraction of sp³-hybridized carbons (Fsp3) is 0.400. The van der Waals surface area contributed by atoms with E-state index in [9.17, 15) is 13.2 Å². The van der Waals surface area contributed by atoms with Crippen LogP contribution >= 0.6 is 0 Å². The van der Waals surface area contributed by atoms with Crippen molar-refractivity contribution in [2.24, 2.45) is 0 Å². The van der Waals surface area contributed by atoms with Gasteiger partial charge >= 0.3 is 6.18 Å². The van der Waals surface area contributed by atoms with Gasteiger partial charge in [0.1, 0.15) is 0 Å². The van der Waals surface area contributed by atoms with E-state index in [1.165, 1.54) is 0 Å². The van der Waals surface area contributed by atoms with Gasteiger partial charge in [0.2, 0.25) is 0 Å². The lowest BCUT2D eigenvalue weighted by atomic mass is 10.7. The van der Waals surface area contributed by atoms with E-state index in [1.54, 1.807) is 18.5 Å². The van der Waals surface area contributed by atoms with Crippen molar-refractivity contribution in [2.45, 2.75) is 13.1 Å². The zero-order valence-electron chi connectivity index (χ0n) is 5.71. The highest BCUT2D eigenvalue weighted by Gasteiger charge is 2.15. The average molecular weight is 165 g/mol. The second-order valence-corrected chi connectivity index (χ2v) is 1.59. The Bertz CT molecular complexity index is 141. The van der Waals surface area contributed by atoms with Gasteiger partial charge in [-0.1, -0.05) is 0 Å². The Morgan fingerprint density at radius 3 is 1.55 bits per heavy atom. The first kappa shape index (κ1) is 9.80. The number of hydrogen-bond acceptors (Lipinski definition) is 3. The fourth-order valence-electron chi connectivity index (χ4n) is 0.205. The van der Waals surface area contributed by atoms with E-state index in [1.807, 2.05) is 0 Å². The molecule has 0 radical (unpaired) electrons. The van der Waals surface area contributed by atoms with Crippen LogP contribution in [0.1, 0.15) is 6.92 Å². The molecule has 0 aromatic carbocycles. The summed E-state index contributed by atoms with van der Waals surface area (Å²) in [5.41, 5.74) is 0. The molecular weight excluding hydrogens is 159 g/mol. The minimum atomic E-state index is -4.00. The van der Waals surface area contributed by atoms with Crippen LogP contribution in [0.3, 0.4) is 0 Å². The molecule has 1 aromatic rings. The molecular formula is C5H6F3N3. The van der Waals surface area contributed by atoms with Crippen molar-refractivity contribution in [1.29, 1.82) is 0 Å². The quantitative estimate of drug-likeness (QED) is 0.583. The third-order valence-electron chi connectivity index (χ3n) is 0.409. The lowest BCUT2D eigenvalue weighted by molar-refractivity contribution is -0.110. The predicted molar refractivity (Wildman–Crippen MR) is 31.6 cm³/mol. The molecule has 11 heavy (non-hydrogen) atoms. The zero-order valence-corrected chi connectivity index (χ0v) is 5.71. The molecule has 1 rings (SSSR count). The molecule has 0 bridgehead atoms. The molecule has 0 amide bonds. The van der Waals surface area contributed by atoms with Crippen LogP contribution in [0.25, 0.3) is 0 Å². The highest BCUT2D eigenvalue weighted by Crippen LogP contribution is 2.10. The number of nitrogens with zero attached hydrogens (tertiary/aromatic N) is 3. The minimum Gasteiger partial charge on any atom is -0.172 e. The minimum absolute atomic E-state index is 0.188. The first-order valence-corrected chi connectivity index (χ1v) is 2.65. The molecule has 0 saturated carbocycles. The molecule has 62 valence electrons. The Labute approximate surface area is 61.3 Å². The van der Waals surface area contributed by atoms with Crippen molar-refractivity contribution >= 4 is 0 Å². The van der Waals surface area contributed by atoms with E-state index in [0.717, 1.165) is 0 Å². The van der Waals surface area contributed by atoms with E-state index in [2.05, 4.69) is 15.4 Å². The van der Waals surface area contributed by atoms with Gasteiger partial charge in [-0.3, -0.25) is 0 Å².